The van der Waals surface area contributed by atoms with Crippen molar-refractivity contribution in [2.24, 2.45) is 5.84 Å². The standard InChI is InChI=1S/C13H13BrF3N3/c1-3-7-4-8(14)5-9-10(20-18)6(2)12(13(15,16)17)19-11(7)9/h4-5H,3,18H2,1-2H3,(H,19,20). The fraction of sp³-hybridized carbons (Fsp3) is 0.308. The van der Waals surface area contributed by atoms with Crippen LogP contribution in [0, 0.1) is 6.92 Å². The predicted molar refractivity (Wildman–Crippen MR) is 76.4 cm³/mol. The van der Waals surface area contributed by atoms with E-state index in [1.165, 1.54) is 6.92 Å². The van der Waals surface area contributed by atoms with Crippen LogP contribution in [-0.4, -0.2) is 4.98 Å². The number of pyridine rings is 1. The van der Waals surface area contributed by atoms with E-state index in [-0.39, 0.29) is 11.3 Å². The Balaban J connectivity index is 2.95. The summed E-state index contributed by atoms with van der Waals surface area (Å²) in [6.07, 6.45) is -3.94. The van der Waals surface area contributed by atoms with Gasteiger partial charge in [-0.2, -0.15) is 13.2 Å². The highest BCUT2D eigenvalue weighted by Gasteiger charge is 2.36. The number of halogens is 4. The van der Waals surface area contributed by atoms with Crippen LogP contribution < -0.4 is 11.3 Å². The number of rotatable bonds is 2. The van der Waals surface area contributed by atoms with Gasteiger partial charge in [-0.15, -0.1) is 0 Å². The molecule has 1 heterocycles. The van der Waals surface area contributed by atoms with Crippen molar-refractivity contribution in [3.8, 4) is 0 Å². The number of fused-ring (bicyclic) bond motifs is 1. The van der Waals surface area contributed by atoms with Crippen LogP contribution in [0.1, 0.15) is 23.7 Å². The third kappa shape index (κ3) is 2.47. The summed E-state index contributed by atoms with van der Waals surface area (Å²) in [6, 6.07) is 3.48. The zero-order chi connectivity index (χ0) is 15.1. The minimum atomic E-state index is -4.51. The molecule has 0 radical (unpaired) electrons. The number of anilines is 1. The minimum Gasteiger partial charge on any atom is -0.323 e. The van der Waals surface area contributed by atoms with Gasteiger partial charge in [-0.05, 0) is 31.0 Å². The molecule has 0 bridgehead atoms. The van der Waals surface area contributed by atoms with Crippen LogP contribution in [0.5, 0.6) is 0 Å². The van der Waals surface area contributed by atoms with Gasteiger partial charge in [0.2, 0.25) is 0 Å². The number of alkyl halides is 3. The number of nitrogens with zero attached hydrogens (tertiary/aromatic N) is 1. The van der Waals surface area contributed by atoms with Crippen LogP contribution in [0.4, 0.5) is 18.9 Å². The zero-order valence-corrected chi connectivity index (χ0v) is 12.5. The summed E-state index contributed by atoms with van der Waals surface area (Å²) in [5, 5.41) is 0.573. The Labute approximate surface area is 122 Å². The number of hydrazine groups is 1. The number of nitrogens with one attached hydrogen (secondary N) is 1. The first-order valence-electron chi connectivity index (χ1n) is 5.96. The topological polar surface area (TPSA) is 50.9 Å². The zero-order valence-electron chi connectivity index (χ0n) is 10.9. The highest BCUT2D eigenvalue weighted by molar-refractivity contribution is 9.10. The third-order valence-electron chi connectivity index (χ3n) is 3.17. The average molecular weight is 348 g/mol. The van der Waals surface area contributed by atoms with E-state index in [0.717, 1.165) is 10.0 Å². The van der Waals surface area contributed by atoms with E-state index in [1.54, 1.807) is 12.1 Å². The van der Waals surface area contributed by atoms with Crippen molar-refractivity contribution in [3.63, 3.8) is 0 Å². The Morgan fingerprint density at radius 2 is 2.00 bits per heavy atom. The predicted octanol–water partition coefficient (Wildman–Crippen LogP) is 4.17. The maximum atomic E-state index is 13.1. The van der Waals surface area contributed by atoms with Crippen molar-refractivity contribution in [3.05, 3.63) is 33.4 Å². The second kappa shape index (κ2) is 5.21. The Morgan fingerprint density at radius 1 is 1.35 bits per heavy atom. The molecule has 0 saturated carbocycles. The van der Waals surface area contributed by atoms with Crippen LogP contribution in [0.3, 0.4) is 0 Å². The highest BCUT2D eigenvalue weighted by Crippen LogP contribution is 2.38. The number of nitrogen functional groups attached to an aromatic ring is 1. The lowest BCUT2D eigenvalue weighted by atomic mass is 10.0. The average Bonchev–Trinajstić information content (AvgIpc) is 2.35. The molecule has 2 aromatic rings. The van der Waals surface area contributed by atoms with E-state index in [2.05, 4.69) is 26.3 Å². The largest absolute Gasteiger partial charge is 0.433 e. The lowest BCUT2D eigenvalue weighted by Crippen LogP contribution is -2.16. The van der Waals surface area contributed by atoms with Crippen molar-refractivity contribution in [2.75, 3.05) is 5.43 Å². The molecule has 0 atom stereocenters. The first-order valence-corrected chi connectivity index (χ1v) is 6.75. The number of nitrogens with two attached hydrogens (primary N) is 1. The Hall–Kier alpha value is -1.34. The molecule has 0 saturated heterocycles. The maximum absolute atomic E-state index is 13.1. The summed E-state index contributed by atoms with van der Waals surface area (Å²) in [5.74, 6) is 5.41. The molecule has 3 nitrogen and oxygen atoms in total. The molecule has 2 rings (SSSR count). The lowest BCUT2D eigenvalue weighted by Gasteiger charge is -2.17. The van der Waals surface area contributed by atoms with Gasteiger partial charge in [0.15, 0.2) is 0 Å². The molecule has 0 fully saturated rings. The monoisotopic (exact) mass is 347 g/mol. The molecule has 0 aliphatic carbocycles. The summed E-state index contributed by atoms with van der Waals surface area (Å²) in [5.41, 5.74) is 2.76. The molecule has 1 aromatic heterocycles. The molecule has 0 amide bonds. The van der Waals surface area contributed by atoms with Gasteiger partial charge in [-0.1, -0.05) is 22.9 Å². The van der Waals surface area contributed by atoms with E-state index in [9.17, 15) is 13.2 Å². The second-order valence-electron chi connectivity index (χ2n) is 4.42. The number of aryl methyl sites for hydroxylation is 1. The molecular formula is C13H13BrF3N3. The quantitative estimate of drug-likeness (QED) is 0.633. The van der Waals surface area contributed by atoms with Crippen molar-refractivity contribution in [1.82, 2.24) is 4.98 Å². The first kappa shape index (κ1) is 15.1. The van der Waals surface area contributed by atoms with E-state index < -0.39 is 11.9 Å². The molecule has 1 aromatic carbocycles. The molecule has 0 aliphatic rings. The van der Waals surface area contributed by atoms with Gasteiger partial charge < -0.3 is 5.43 Å². The molecule has 20 heavy (non-hydrogen) atoms. The SMILES string of the molecule is CCc1cc(Br)cc2c(NN)c(C)c(C(F)(F)F)nc12. The van der Waals surface area contributed by atoms with Crippen LogP contribution in [0.15, 0.2) is 16.6 Å². The lowest BCUT2D eigenvalue weighted by molar-refractivity contribution is -0.141. The van der Waals surface area contributed by atoms with E-state index >= 15 is 0 Å². The van der Waals surface area contributed by atoms with Crippen LogP contribution in [0.2, 0.25) is 0 Å². The van der Waals surface area contributed by atoms with Crippen LogP contribution in [0.25, 0.3) is 10.9 Å². The van der Waals surface area contributed by atoms with E-state index in [4.69, 9.17) is 5.84 Å². The van der Waals surface area contributed by atoms with E-state index in [1.807, 2.05) is 6.92 Å². The summed E-state index contributed by atoms with van der Waals surface area (Å²) in [6.45, 7) is 3.22. The maximum Gasteiger partial charge on any atom is 0.433 e. The Bertz CT molecular complexity index is 668. The van der Waals surface area contributed by atoms with Crippen LogP contribution in [-0.2, 0) is 12.6 Å². The molecule has 0 spiro atoms. The van der Waals surface area contributed by atoms with Gasteiger partial charge in [0.1, 0.15) is 5.69 Å². The normalized spacial score (nSPS) is 11.9. The van der Waals surface area contributed by atoms with Crippen molar-refractivity contribution >= 4 is 32.5 Å². The van der Waals surface area contributed by atoms with Crippen molar-refractivity contribution in [1.29, 1.82) is 0 Å². The smallest absolute Gasteiger partial charge is 0.323 e. The Kier molecular flexibility index (Phi) is 3.93. The number of hydrogen-bond acceptors (Lipinski definition) is 3. The number of hydrogen-bond donors (Lipinski definition) is 2. The Morgan fingerprint density at radius 3 is 2.50 bits per heavy atom. The molecule has 7 heteroatoms. The van der Waals surface area contributed by atoms with Gasteiger partial charge >= 0.3 is 6.18 Å². The van der Waals surface area contributed by atoms with Crippen LogP contribution >= 0.6 is 15.9 Å². The third-order valence-corrected chi connectivity index (χ3v) is 3.63. The summed E-state index contributed by atoms with van der Waals surface area (Å²) in [7, 11) is 0. The van der Waals surface area contributed by atoms with E-state index in [0.29, 0.717) is 17.3 Å². The minimum absolute atomic E-state index is 0.00680. The molecular weight excluding hydrogens is 335 g/mol. The van der Waals surface area contributed by atoms with Crippen molar-refractivity contribution < 1.29 is 13.2 Å². The van der Waals surface area contributed by atoms with Gasteiger partial charge in [-0.3, -0.25) is 5.84 Å². The summed E-state index contributed by atoms with van der Waals surface area (Å²) >= 11 is 3.35. The van der Waals surface area contributed by atoms with Gasteiger partial charge in [0.05, 0.1) is 11.2 Å². The number of aromatic nitrogens is 1. The number of benzene rings is 1. The summed E-state index contributed by atoms with van der Waals surface area (Å²) in [4.78, 5) is 3.83. The molecule has 3 N–H and O–H groups in total. The van der Waals surface area contributed by atoms with Gasteiger partial charge in [-0.25, -0.2) is 4.98 Å². The highest BCUT2D eigenvalue weighted by atomic mass is 79.9. The van der Waals surface area contributed by atoms with Gasteiger partial charge in [0.25, 0.3) is 0 Å². The summed E-state index contributed by atoms with van der Waals surface area (Å²) < 4.78 is 40.0. The molecule has 0 aliphatic heterocycles. The van der Waals surface area contributed by atoms with Gasteiger partial charge in [0, 0.05) is 15.4 Å². The first-order chi connectivity index (χ1) is 9.29. The van der Waals surface area contributed by atoms with Crippen molar-refractivity contribution in [2.45, 2.75) is 26.4 Å². The molecule has 108 valence electrons. The molecule has 0 unspecified atom stereocenters. The fourth-order valence-electron chi connectivity index (χ4n) is 2.23. The fourth-order valence-corrected chi connectivity index (χ4v) is 2.73. The second-order valence-corrected chi connectivity index (χ2v) is 5.33.